The molecule has 0 N–H and O–H groups in total. The van der Waals surface area contributed by atoms with Crippen LogP contribution in [0.5, 0.6) is 11.5 Å². The lowest BCUT2D eigenvalue weighted by Crippen LogP contribution is -2.44. The summed E-state index contributed by atoms with van der Waals surface area (Å²) in [5.41, 5.74) is 5.54. The summed E-state index contributed by atoms with van der Waals surface area (Å²) in [5.74, 6) is 1.20. The van der Waals surface area contributed by atoms with E-state index in [0.29, 0.717) is 37.6 Å². The predicted octanol–water partition coefficient (Wildman–Crippen LogP) is 8.52. The van der Waals surface area contributed by atoms with E-state index >= 15 is 0 Å². The zero-order valence-electron chi connectivity index (χ0n) is 25.2. The summed E-state index contributed by atoms with van der Waals surface area (Å²) < 4.78 is 13.3. The highest BCUT2D eigenvalue weighted by Gasteiger charge is 2.48. The predicted molar refractivity (Wildman–Crippen MR) is 166 cm³/mol. The van der Waals surface area contributed by atoms with E-state index in [0.717, 1.165) is 63.9 Å². The van der Waals surface area contributed by atoms with Crippen molar-refractivity contribution < 1.29 is 19.1 Å². The molecule has 1 aliphatic heterocycles. The molecule has 0 atom stereocenters. The Morgan fingerprint density at radius 2 is 1.39 bits per heavy atom. The third kappa shape index (κ3) is 6.04. The molecular weight excluding hydrogens is 578 g/mol. The topological polar surface area (TPSA) is 55.8 Å². The Balaban J connectivity index is 1.62. The largest absolute Gasteiger partial charge is 0.490 e. The molecular formula is C35H42BrNO4. The van der Waals surface area contributed by atoms with Crippen LogP contribution in [-0.2, 0) is 16.2 Å². The van der Waals surface area contributed by atoms with E-state index in [2.05, 4.69) is 55.4 Å². The number of carbonyl (C=O) groups is 2. The molecule has 0 saturated carbocycles. The second-order valence-electron chi connectivity index (χ2n) is 13.2. The summed E-state index contributed by atoms with van der Waals surface area (Å²) >= 11 is 3.48. The van der Waals surface area contributed by atoms with Crippen LogP contribution in [0.15, 0.2) is 69.5 Å². The van der Waals surface area contributed by atoms with Crippen LogP contribution in [0, 0.1) is 10.8 Å². The average molecular weight is 621 g/mol. The summed E-state index contributed by atoms with van der Waals surface area (Å²) in [5, 5.41) is 0. The van der Waals surface area contributed by atoms with Gasteiger partial charge < -0.3 is 14.4 Å². The minimum atomic E-state index is -0.389. The third-order valence-corrected chi connectivity index (χ3v) is 8.91. The number of rotatable bonds is 8. The molecule has 218 valence electrons. The fourth-order valence-corrected chi connectivity index (χ4v) is 6.97. The first-order valence-electron chi connectivity index (χ1n) is 14.9. The van der Waals surface area contributed by atoms with Crippen molar-refractivity contribution in [1.29, 1.82) is 0 Å². The smallest absolute Gasteiger partial charge is 0.162 e. The molecule has 0 spiro atoms. The maximum Gasteiger partial charge on any atom is 0.162 e. The van der Waals surface area contributed by atoms with Crippen molar-refractivity contribution in [2.45, 2.75) is 86.2 Å². The standard InChI is InChI=1S/C35H42BrNO4/c1-7-15-37-25-17-34(3,4)19-27(38)32(25)31(33-26(37)18-35(5,6)20-28(33)39)23-11-14-29(30(16-23)40-8-2)41-21-22-9-12-24(36)13-10-22/h9-14,16,31H,7-8,15,17-21H2,1-6H3. The molecule has 0 unspecified atom stereocenters. The van der Waals surface area contributed by atoms with E-state index in [9.17, 15) is 9.59 Å². The van der Waals surface area contributed by atoms with Crippen LogP contribution in [0.3, 0.4) is 0 Å². The normalized spacial score (nSPS) is 20.2. The van der Waals surface area contributed by atoms with Gasteiger partial charge in [0.15, 0.2) is 23.1 Å². The lowest BCUT2D eigenvalue weighted by molar-refractivity contribution is -0.119. The van der Waals surface area contributed by atoms with Crippen molar-refractivity contribution in [3.8, 4) is 11.5 Å². The Hall–Kier alpha value is -2.86. The zero-order valence-corrected chi connectivity index (χ0v) is 26.8. The molecule has 0 bridgehead atoms. The third-order valence-electron chi connectivity index (χ3n) is 8.38. The number of carbonyl (C=O) groups excluding carboxylic acids is 2. The maximum absolute atomic E-state index is 14.0. The van der Waals surface area contributed by atoms with Crippen molar-refractivity contribution >= 4 is 27.5 Å². The van der Waals surface area contributed by atoms with Gasteiger partial charge in [0.1, 0.15) is 6.61 Å². The van der Waals surface area contributed by atoms with Gasteiger partial charge >= 0.3 is 0 Å². The average Bonchev–Trinajstić information content (AvgIpc) is 2.88. The zero-order chi connectivity index (χ0) is 29.5. The van der Waals surface area contributed by atoms with Crippen LogP contribution in [0.1, 0.15) is 90.7 Å². The monoisotopic (exact) mass is 619 g/mol. The van der Waals surface area contributed by atoms with Gasteiger partial charge in [-0.15, -0.1) is 0 Å². The van der Waals surface area contributed by atoms with Gasteiger partial charge in [-0.05, 0) is 72.4 Å². The van der Waals surface area contributed by atoms with Gasteiger partial charge in [-0.25, -0.2) is 0 Å². The molecule has 0 aromatic heterocycles. The molecule has 6 heteroatoms. The van der Waals surface area contributed by atoms with Crippen molar-refractivity contribution in [2.24, 2.45) is 10.8 Å². The highest BCUT2D eigenvalue weighted by Crippen LogP contribution is 2.55. The van der Waals surface area contributed by atoms with Crippen LogP contribution in [-0.4, -0.2) is 29.6 Å². The van der Waals surface area contributed by atoms with E-state index in [1.54, 1.807) is 0 Å². The second kappa shape index (κ2) is 11.4. The van der Waals surface area contributed by atoms with Gasteiger partial charge in [0.25, 0.3) is 0 Å². The van der Waals surface area contributed by atoms with Crippen molar-refractivity contribution in [3.05, 3.63) is 80.6 Å². The Morgan fingerprint density at radius 1 is 0.805 bits per heavy atom. The van der Waals surface area contributed by atoms with Gasteiger partial charge in [-0.2, -0.15) is 0 Å². The minimum Gasteiger partial charge on any atom is -0.490 e. The molecule has 0 radical (unpaired) electrons. The summed E-state index contributed by atoms with van der Waals surface area (Å²) in [6, 6.07) is 14.0. The van der Waals surface area contributed by atoms with E-state index < -0.39 is 0 Å². The lowest BCUT2D eigenvalue weighted by atomic mass is 9.63. The lowest BCUT2D eigenvalue weighted by Gasteiger charge is -2.49. The quantitative estimate of drug-likeness (QED) is 0.296. The number of Topliss-reactive ketones (excluding diaryl/α,β-unsaturated/α-hetero) is 2. The van der Waals surface area contributed by atoms with Crippen LogP contribution in [0.2, 0.25) is 0 Å². The molecule has 1 heterocycles. The fraction of sp³-hybridized carbons (Fsp3) is 0.486. The highest BCUT2D eigenvalue weighted by atomic mass is 79.9. The van der Waals surface area contributed by atoms with Crippen LogP contribution in [0.4, 0.5) is 0 Å². The number of ketones is 2. The number of nitrogens with zero attached hydrogens (tertiary/aromatic N) is 1. The summed E-state index contributed by atoms with van der Waals surface area (Å²) in [6.07, 6.45) is 3.56. The molecule has 5 nitrogen and oxygen atoms in total. The summed E-state index contributed by atoms with van der Waals surface area (Å²) in [7, 11) is 0. The van der Waals surface area contributed by atoms with Crippen LogP contribution in [0.25, 0.3) is 0 Å². The highest BCUT2D eigenvalue weighted by molar-refractivity contribution is 9.10. The van der Waals surface area contributed by atoms with E-state index in [-0.39, 0.29) is 28.3 Å². The molecule has 41 heavy (non-hydrogen) atoms. The summed E-state index contributed by atoms with van der Waals surface area (Å²) in [6.45, 7) is 14.5. The first-order chi connectivity index (χ1) is 19.4. The molecule has 5 rings (SSSR count). The van der Waals surface area contributed by atoms with Crippen molar-refractivity contribution in [3.63, 3.8) is 0 Å². The van der Waals surface area contributed by atoms with Gasteiger partial charge in [0.2, 0.25) is 0 Å². The van der Waals surface area contributed by atoms with Crippen molar-refractivity contribution in [1.82, 2.24) is 4.90 Å². The molecule has 0 fully saturated rings. The first-order valence-corrected chi connectivity index (χ1v) is 15.7. The van der Waals surface area contributed by atoms with E-state index in [4.69, 9.17) is 9.47 Å². The number of benzene rings is 2. The SMILES string of the molecule is CCCN1C2=C(C(=O)CC(C)(C)C2)C(c2ccc(OCc3ccc(Br)cc3)c(OCC)c2)C2=C1CC(C)(C)CC2=O. The number of allylic oxidation sites excluding steroid dienone is 4. The Kier molecular flexibility index (Phi) is 8.26. The summed E-state index contributed by atoms with van der Waals surface area (Å²) in [4.78, 5) is 30.3. The molecule has 0 saturated heterocycles. The Bertz CT molecular complexity index is 1360. The number of hydrogen-bond donors (Lipinski definition) is 0. The first kappa shape index (κ1) is 29.6. The van der Waals surface area contributed by atoms with Crippen LogP contribution < -0.4 is 9.47 Å². The molecule has 3 aliphatic rings. The van der Waals surface area contributed by atoms with E-state index in [1.165, 1.54) is 0 Å². The van der Waals surface area contributed by atoms with Crippen LogP contribution >= 0.6 is 15.9 Å². The van der Waals surface area contributed by atoms with Crippen molar-refractivity contribution in [2.75, 3.05) is 13.2 Å². The van der Waals surface area contributed by atoms with Gasteiger partial charge in [-0.1, -0.05) is 68.7 Å². The maximum atomic E-state index is 14.0. The molecule has 2 aromatic rings. The van der Waals surface area contributed by atoms with E-state index in [1.807, 2.05) is 49.4 Å². The molecule has 0 amide bonds. The van der Waals surface area contributed by atoms with Gasteiger partial charge in [0, 0.05) is 52.3 Å². The number of ether oxygens (including phenoxy) is 2. The molecule has 2 aliphatic carbocycles. The number of halogens is 1. The Labute approximate surface area is 253 Å². The Morgan fingerprint density at radius 3 is 1.93 bits per heavy atom. The minimum absolute atomic E-state index is 0.125. The van der Waals surface area contributed by atoms with Gasteiger partial charge in [-0.3, -0.25) is 9.59 Å². The molecule has 2 aromatic carbocycles. The number of hydrogen-bond acceptors (Lipinski definition) is 5. The fourth-order valence-electron chi connectivity index (χ4n) is 6.71. The second-order valence-corrected chi connectivity index (χ2v) is 14.2. The van der Waals surface area contributed by atoms with Gasteiger partial charge in [0.05, 0.1) is 6.61 Å².